The molecule has 1 heterocycles. The molecule has 0 aromatic heterocycles. The Morgan fingerprint density at radius 3 is 2.30 bits per heavy atom. The van der Waals surface area contributed by atoms with Gasteiger partial charge in [0.25, 0.3) is 0 Å². The summed E-state index contributed by atoms with van der Waals surface area (Å²) in [6.07, 6.45) is 3.51. The molecule has 0 spiro atoms. The van der Waals surface area contributed by atoms with Gasteiger partial charge >= 0.3 is 0 Å². The Kier molecular flexibility index (Phi) is 8.40. The van der Waals surface area contributed by atoms with Gasteiger partial charge in [-0.1, -0.05) is 13.8 Å². The van der Waals surface area contributed by atoms with Crippen molar-refractivity contribution in [2.75, 3.05) is 33.9 Å². The third-order valence-electron chi connectivity index (χ3n) is 4.66. The van der Waals surface area contributed by atoms with Crippen LogP contribution in [0, 0.1) is 5.41 Å². The fourth-order valence-electron chi connectivity index (χ4n) is 2.44. The third kappa shape index (κ3) is 4.48. The molecule has 1 saturated heterocycles. The lowest BCUT2D eigenvalue weighted by atomic mass is 9.65. The zero-order chi connectivity index (χ0) is 14.5. The summed E-state index contributed by atoms with van der Waals surface area (Å²) in [6.45, 7) is 12.2. The van der Waals surface area contributed by atoms with Crippen molar-refractivity contribution in [3.63, 3.8) is 0 Å². The highest BCUT2D eigenvalue weighted by Crippen LogP contribution is 2.46. The van der Waals surface area contributed by atoms with Crippen LogP contribution in [0.4, 0.5) is 0 Å². The number of rotatable bonds is 6. The van der Waals surface area contributed by atoms with Crippen LogP contribution in [0.5, 0.6) is 0 Å². The minimum Gasteiger partial charge on any atom is -0.385 e. The Hall–Kier alpha value is -0.0400. The molecule has 1 aliphatic rings. The summed E-state index contributed by atoms with van der Waals surface area (Å²) >= 11 is 0. The molecule has 0 aliphatic carbocycles. The van der Waals surface area contributed by atoms with Gasteiger partial charge in [0.15, 0.2) is 5.96 Å². The number of aliphatic imine (C=N–C) groups is 1. The zero-order valence-corrected chi connectivity index (χ0v) is 16.3. The number of ether oxygens (including phenoxy) is 1. The Morgan fingerprint density at radius 1 is 1.20 bits per heavy atom. The molecule has 0 aromatic carbocycles. The van der Waals surface area contributed by atoms with Crippen molar-refractivity contribution in [3.05, 3.63) is 0 Å². The van der Waals surface area contributed by atoms with Gasteiger partial charge in [0, 0.05) is 44.8 Å². The molecule has 0 bridgehead atoms. The van der Waals surface area contributed by atoms with E-state index in [1.807, 2.05) is 7.05 Å². The van der Waals surface area contributed by atoms with Crippen LogP contribution in [0.2, 0.25) is 0 Å². The van der Waals surface area contributed by atoms with Crippen LogP contribution >= 0.6 is 24.0 Å². The first kappa shape index (κ1) is 20.0. The van der Waals surface area contributed by atoms with Crippen molar-refractivity contribution in [2.45, 2.75) is 52.5 Å². The van der Waals surface area contributed by atoms with E-state index in [0.29, 0.717) is 5.41 Å². The van der Waals surface area contributed by atoms with Crippen molar-refractivity contribution in [1.82, 2.24) is 10.2 Å². The number of hydrogen-bond donors (Lipinski definition) is 1. The van der Waals surface area contributed by atoms with E-state index in [1.54, 1.807) is 7.11 Å². The quantitative estimate of drug-likeness (QED) is 0.324. The van der Waals surface area contributed by atoms with Gasteiger partial charge < -0.3 is 15.0 Å². The summed E-state index contributed by atoms with van der Waals surface area (Å²) in [4.78, 5) is 6.79. The minimum absolute atomic E-state index is 0. The second kappa shape index (κ2) is 8.41. The van der Waals surface area contributed by atoms with Gasteiger partial charge in [-0.25, -0.2) is 0 Å². The summed E-state index contributed by atoms with van der Waals surface area (Å²) in [5.74, 6) is 1.04. The fourth-order valence-corrected chi connectivity index (χ4v) is 2.44. The molecule has 0 saturated carbocycles. The standard InChI is InChI=1S/C15H31N3O.HI/c1-14(2)12-18(15(14,3)4)13(16-5)17-10-8-7-9-11-19-6;/h7-12H2,1-6H3,(H,16,17);1H. The van der Waals surface area contributed by atoms with Gasteiger partial charge in [-0.2, -0.15) is 0 Å². The Bertz CT molecular complexity index is 316. The van der Waals surface area contributed by atoms with E-state index in [0.717, 1.165) is 32.1 Å². The molecule has 4 nitrogen and oxygen atoms in total. The first-order valence-electron chi connectivity index (χ1n) is 7.34. The third-order valence-corrected chi connectivity index (χ3v) is 4.66. The monoisotopic (exact) mass is 397 g/mol. The van der Waals surface area contributed by atoms with E-state index in [1.165, 1.54) is 12.8 Å². The summed E-state index contributed by atoms with van der Waals surface area (Å²) in [7, 11) is 3.63. The maximum Gasteiger partial charge on any atom is 0.194 e. The Labute approximate surface area is 141 Å². The van der Waals surface area contributed by atoms with Crippen LogP contribution in [0.1, 0.15) is 47.0 Å². The number of halogens is 1. The van der Waals surface area contributed by atoms with Crippen LogP contribution in [0.25, 0.3) is 0 Å². The molecule has 0 unspecified atom stereocenters. The highest BCUT2D eigenvalue weighted by Gasteiger charge is 2.53. The smallest absolute Gasteiger partial charge is 0.194 e. The first-order valence-corrected chi connectivity index (χ1v) is 7.34. The highest BCUT2D eigenvalue weighted by molar-refractivity contribution is 14.0. The molecule has 0 amide bonds. The maximum atomic E-state index is 5.05. The lowest BCUT2D eigenvalue weighted by Crippen LogP contribution is -2.72. The fraction of sp³-hybridized carbons (Fsp3) is 0.933. The van der Waals surface area contributed by atoms with Gasteiger partial charge in [-0.15, -0.1) is 24.0 Å². The first-order chi connectivity index (χ1) is 8.86. The number of hydrogen-bond acceptors (Lipinski definition) is 2. The Morgan fingerprint density at radius 2 is 1.85 bits per heavy atom. The van der Waals surface area contributed by atoms with E-state index >= 15 is 0 Å². The largest absolute Gasteiger partial charge is 0.385 e. The molecule has 0 radical (unpaired) electrons. The van der Waals surface area contributed by atoms with E-state index in [2.05, 4.69) is 42.9 Å². The normalized spacial score (nSPS) is 20.1. The van der Waals surface area contributed by atoms with E-state index in [-0.39, 0.29) is 29.5 Å². The SMILES string of the molecule is CN=C(NCCCCCOC)N1CC(C)(C)C1(C)C.I. The number of likely N-dealkylation sites (tertiary alicyclic amines) is 1. The van der Waals surface area contributed by atoms with Gasteiger partial charge in [-0.05, 0) is 33.1 Å². The van der Waals surface area contributed by atoms with Crippen molar-refractivity contribution >= 4 is 29.9 Å². The lowest BCUT2D eigenvalue weighted by molar-refractivity contribution is -0.0667. The van der Waals surface area contributed by atoms with Crippen molar-refractivity contribution < 1.29 is 4.74 Å². The molecule has 1 rings (SSSR count). The summed E-state index contributed by atoms with van der Waals surface area (Å²) in [5.41, 5.74) is 0.522. The Balaban J connectivity index is 0.00000361. The van der Waals surface area contributed by atoms with Crippen molar-refractivity contribution in [2.24, 2.45) is 10.4 Å². The predicted molar refractivity (Wildman–Crippen MR) is 97.1 cm³/mol. The molecule has 1 N–H and O–H groups in total. The topological polar surface area (TPSA) is 36.9 Å². The average Bonchev–Trinajstić information content (AvgIpc) is 2.36. The lowest BCUT2D eigenvalue weighted by Gasteiger charge is -2.62. The number of unbranched alkanes of at least 4 members (excludes halogenated alkanes) is 2. The van der Waals surface area contributed by atoms with E-state index in [9.17, 15) is 0 Å². The number of nitrogens with zero attached hydrogens (tertiary/aromatic N) is 2. The van der Waals surface area contributed by atoms with Gasteiger partial charge in [0.2, 0.25) is 0 Å². The zero-order valence-electron chi connectivity index (χ0n) is 14.0. The van der Waals surface area contributed by atoms with Crippen molar-refractivity contribution in [1.29, 1.82) is 0 Å². The van der Waals surface area contributed by atoms with Crippen LogP contribution < -0.4 is 5.32 Å². The molecule has 120 valence electrons. The van der Waals surface area contributed by atoms with Crippen LogP contribution in [0.3, 0.4) is 0 Å². The molecule has 1 fully saturated rings. The number of methoxy groups -OCH3 is 1. The molecular formula is C15H32IN3O. The van der Waals surface area contributed by atoms with Crippen LogP contribution in [-0.4, -0.2) is 50.3 Å². The maximum absolute atomic E-state index is 5.05. The van der Waals surface area contributed by atoms with Crippen LogP contribution in [-0.2, 0) is 4.74 Å². The highest BCUT2D eigenvalue weighted by atomic mass is 127. The molecule has 0 atom stereocenters. The van der Waals surface area contributed by atoms with Gasteiger partial charge in [-0.3, -0.25) is 4.99 Å². The molecule has 0 aromatic rings. The second-order valence-electron chi connectivity index (χ2n) is 6.56. The molecule has 20 heavy (non-hydrogen) atoms. The van der Waals surface area contributed by atoms with Crippen LogP contribution in [0.15, 0.2) is 4.99 Å². The summed E-state index contributed by atoms with van der Waals surface area (Å²) in [6, 6.07) is 0. The van der Waals surface area contributed by atoms with E-state index < -0.39 is 0 Å². The summed E-state index contributed by atoms with van der Waals surface area (Å²) in [5, 5.41) is 3.48. The second-order valence-corrected chi connectivity index (χ2v) is 6.56. The van der Waals surface area contributed by atoms with Gasteiger partial charge in [0.05, 0.1) is 0 Å². The van der Waals surface area contributed by atoms with Crippen molar-refractivity contribution in [3.8, 4) is 0 Å². The molecular weight excluding hydrogens is 365 g/mol. The molecule has 5 heteroatoms. The predicted octanol–water partition coefficient (Wildman–Crippen LogP) is 3.12. The van der Waals surface area contributed by atoms with Gasteiger partial charge in [0.1, 0.15) is 0 Å². The van der Waals surface area contributed by atoms with E-state index in [4.69, 9.17) is 4.74 Å². The average molecular weight is 397 g/mol. The molecule has 1 aliphatic heterocycles. The number of nitrogens with one attached hydrogen (secondary N) is 1. The summed E-state index contributed by atoms with van der Waals surface area (Å²) < 4.78 is 5.05. The number of guanidine groups is 1. The minimum atomic E-state index is 0.